The Morgan fingerprint density at radius 1 is 1.12 bits per heavy atom. The molecule has 0 fully saturated rings. The van der Waals surface area contributed by atoms with Gasteiger partial charge in [0.2, 0.25) is 11.8 Å². The molecule has 1 atom stereocenters. The Kier molecular flexibility index (Phi) is 8.30. The number of methoxy groups -OCH3 is 2. The van der Waals surface area contributed by atoms with Gasteiger partial charge in [0.25, 0.3) is 0 Å². The molecule has 0 saturated heterocycles. The lowest BCUT2D eigenvalue weighted by molar-refractivity contribution is -0.118. The van der Waals surface area contributed by atoms with Gasteiger partial charge in [-0.05, 0) is 49.2 Å². The number of aryl methyl sites for hydroxylation is 1. The van der Waals surface area contributed by atoms with Crippen LogP contribution < -0.4 is 14.8 Å². The number of oxazole rings is 1. The fourth-order valence-corrected chi connectivity index (χ4v) is 4.25. The maximum Gasteiger partial charge on any atom is 0.232 e. The summed E-state index contributed by atoms with van der Waals surface area (Å²) in [5.74, 6) is 1.88. The number of amides is 1. The van der Waals surface area contributed by atoms with E-state index in [0.717, 1.165) is 5.56 Å². The van der Waals surface area contributed by atoms with Gasteiger partial charge in [-0.2, -0.15) is 0 Å². The Morgan fingerprint density at radius 3 is 2.53 bits per heavy atom. The monoisotopic (exact) mass is 476 g/mol. The molecule has 170 valence electrons. The standard InChI is InChI=1S/C23H25ClN2O5S/c1-15-19(26-23(31-15)17-6-9-20(29-2)21(12-17)30-3)13-32(28)14-22(27)25-11-10-16-4-7-18(24)8-5-16/h4-9,12H,10-11,13-14H2,1-3H3,(H,25,27)/t32-/m1/s1. The Labute approximate surface area is 194 Å². The Bertz CT molecular complexity index is 1100. The molecular weight excluding hydrogens is 452 g/mol. The van der Waals surface area contributed by atoms with Crippen molar-refractivity contribution in [2.75, 3.05) is 26.5 Å². The molecule has 2 aromatic carbocycles. The largest absolute Gasteiger partial charge is 0.493 e. The van der Waals surface area contributed by atoms with Crippen LogP contribution in [0.25, 0.3) is 11.5 Å². The van der Waals surface area contributed by atoms with Gasteiger partial charge in [0.1, 0.15) is 11.5 Å². The van der Waals surface area contributed by atoms with Gasteiger partial charge >= 0.3 is 0 Å². The molecule has 0 radical (unpaired) electrons. The predicted octanol–water partition coefficient (Wildman–Crippen LogP) is 3.93. The zero-order chi connectivity index (χ0) is 23.1. The highest BCUT2D eigenvalue weighted by Gasteiger charge is 2.17. The minimum atomic E-state index is -1.41. The number of hydrogen-bond acceptors (Lipinski definition) is 6. The van der Waals surface area contributed by atoms with Gasteiger partial charge in [-0.1, -0.05) is 23.7 Å². The third-order valence-electron chi connectivity index (χ3n) is 4.76. The zero-order valence-corrected chi connectivity index (χ0v) is 19.7. The van der Waals surface area contributed by atoms with Crippen LogP contribution in [0, 0.1) is 6.92 Å². The van der Waals surface area contributed by atoms with Gasteiger partial charge in [-0.3, -0.25) is 9.00 Å². The van der Waals surface area contributed by atoms with Crippen molar-refractivity contribution in [3.05, 3.63) is 64.5 Å². The SMILES string of the molecule is COc1ccc(-c2nc(C[S@@](=O)CC(=O)NCCc3ccc(Cl)cc3)c(C)o2)cc1OC. The minimum Gasteiger partial charge on any atom is -0.493 e. The van der Waals surface area contributed by atoms with E-state index in [-0.39, 0.29) is 17.4 Å². The topological polar surface area (TPSA) is 90.7 Å². The van der Waals surface area contributed by atoms with E-state index in [2.05, 4.69) is 10.3 Å². The van der Waals surface area contributed by atoms with Gasteiger partial charge in [-0.15, -0.1) is 0 Å². The molecule has 0 aliphatic carbocycles. The van der Waals surface area contributed by atoms with E-state index in [9.17, 15) is 9.00 Å². The summed E-state index contributed by atoms with van der Waals surface area (Å²) in [7, 11) is 1.70. The molecule has 1 aromatic heterocycles. The molecule has 3 aromatic rings. The van der Waals surface area contributed by atoms with E-state index < -0.39 is 10.8 Å². The number of carbonyl (C=O) groups is 1. The third-order valence-corrected chi connectivity index (χ3v) is 6.19. The van der Waals surface area contributed by atoms with E-state index in [1.165, 1.54) is 0 Å². The van der Waals surface area contributed by atoms with Gasteiger partial charge < -0.3 is 19.2 Å². The lowest BCUT2D eigenvalue weighted by Gasteiger charge is -2.07. The summed E-state index contributed by atoms with van der Waals surface area (Å²) in [5, 5.41) is 3.47. The summed E-state index contributed by atoms with van der Waals surface area (Å²) in [6, 6.07) is 12.8. The van der Waals surface area contributed by atoms with Crippen LogP contribution in [0.3, 0.4) is 0 Å². The smallest absolute Gasteiger partial charge is 0.232 e. The fraction of sp³-hybridized carbons (Fsp3) is 0.304. The van der Waals surface area contributed by atoms with Crippen molar-refractivity contribution in [3.8, 4) is 23.0 Å². The first-order chi connectivity index (χ1) is 15.4. The second kappa shape index (κ2) is 11.2. The number of carbonyl (C=O) groups excluding carboxylic acids is 1. The number of nitrogens with one attached hydrogen (secondary N) is 1. The average molecular weight is 477 g/mol. The summed E-state index contributed by atoms with van der Waals surface area (Å²) in [6.45, 7) is 2.22. The summed E-state index contributed by atoms with van der Waals surface area (Å²) in [5.41, 5.74) is 2.33. The molecule has 9 heteroatoms. The maximum absolute atomic E-state index is 12.5. The maximum atomic E-state index is 12.5. The first-order valence-corrected chi connectivity index (χ1v) is 11.8. The minimum absolute atomic E-state index is 0.0986. The average Bonchev–Trinajstić information content (AvgIpc) is 3.14. The quantitative estimate of drug-likeness (QED) is 0.476. The lowest BCUT2D eigenvalue weighted by Crippen LogP contribution is -2.30. The van der Waals surface area contributed by atoms with E-state index >= 15 is 0 Å². The normalized spacial score (nSPS) is 11.8. The van der Waals surface area contributed by atoms with Gasteiger partial charge in [-0.25, -0.2) is 4.98 Å². The Hall–Kier alpha value is -2.84. The van der Waals surface area contributed by atoms with E-state index in [4.69, 9.17) is 25.5 Å². The van der Waals surface area contributed by atoms with Crippen molar-refractivity contribution in [2.24, 2.45) is 0 Å². The van der Waals surface area contributed by atoms with Crippen molar-refractivity contribution >= 4 is 28.3 Å². The summed E-state index contributed by atoms with van der Waals surface area (Å²) in [6.07, 6.45) is 0.673. The first kappa shape index (κ1) is 23.8. The van der Waals surface area contributed by atoms with Crippen LogP contribution >= 0.6 is 11.6 Å². The predicted molar refractivity (Wildman–Crippen MR) is 125 cm³/mol. The van der Waals surface area contributed by atoms with Crippen LogP contribution in [-0.4, -0.2) is 41.6 Å². The molecule has 0 unspecified atom stereocenters. The molecule has 1 amide bonds. The fourth-order valence-electron chi connectivity index (χ4n) is 3.05. The molecule has 1 N–H and O–H groups in total. The van der Waals surface area contributed by atoms with Crippen LogP contribution in [0.15, 0.2) is 46.9 Å². The highest BCUT2D eigenvalue weighted by Crippen LogP contribution is 2.32. The number of ether oxygens (including phenoxy) is 2. The van der Waals surface area contributed by atoms with Crippen molar-refractivity contribution < 1.29 is 22.9 Å². The van der Waals surface area contributed by atoms with Crippen LogP contribution in [0.2, 0.25) is 5.02 Å². The molecule has 3 rings (SSSR count). The van der Waals surface area contributed by atoms with Crippen molar-refractivity contribution in [1.29, 1.82) is 0 Å². The third kappa shape index (κ3) is 6.34. The highest BCUT2D eigenvalue weighted by atomic mass is 35.5. The van der Waals surface area contributed by atoms with Gasteiger partial charge in [0.05, 0.1) is 25.7 Å². The number of halogens is 1. The lowest BCUT2D eigenvalue weighted by atomic mass is 10.1. The highest BCUT2D eigenvalue weighted by molar-refractivity contribution is 7.84. The molecule has 0 spiro atoms. The molecule has 0 bridgehead atoms. The van der Waals surface area contributed by atoms with E-state index in [1.54, 1.807) is 33.3 Å². The van der Waals surface area contributed by atoms with E-state index in [0.29, 0.717) is 52.4 Å². The van der Waals surface area contributed by atoms with Crippen molar-refractivity contribution in [3.63, 3.8) is 0 Å². The van der Waals surface area contributed by atoms with E-state index in [1.807, 2.05) is 30.3 Å². The molecule has 0 saturated carbocycles. The van der Waals surface area contributed by atoms with Gasteiger partial charge in [0, 0.05) is 27.9 Å². The van der Waals surface area contributed by atoms with Crippen LogP contribution in [0.1, 0.15) is 17.0 Å². The zero-order valence-electron chi connectivity index (χ0n) is 18.1. The van der Waals surface area contributed by atoms with Crippen LogP contribution in [0.5, 0.6) is 11.5 Å². The summed E-state index contributed by atoms with van der Waals surface area (Å²) in [4.78, 5) is 16.6. The molecule has 7 nitrogen and oxygen atoms in total. The second-order valence-corrected chi connectivity index (χ2v) is 8.94. The van der Waals surface area contributed by atoms with Crippen LogP contribution in [0.4, 0.5) is 0 Å². The van der Waals surface area contributed by atoms with Crippen LogP contribution in [-0.2, 0) is 27.8 Å². The number of nitrogens with zero attached hydrogens (tertiary/aromatic N) is 1. The summed E-state index contributed by atoms with van der Waals surface area (Å²) >= 11 is 5.87. The molecule has 32 heavy (non-hydrogen) atoms. The number of aromatic nitrogens is 1. The molecule has 1 heterocycles. The van der Waals surface area contributed by atoms with Gasteiger partial charge in [0.15, 0.2) is 11.5 Å². The number of rotatable bonds is 10. The van der Waals surface area contributed by atoms with Crippen molar-refractivity contribution in [2.45, 2.75) is 19.1 Å². The Balaban J connectivity index is 1.54. The second-order valence-electron chi connectivity index (χ2n) is 7.05. The molecule has 0 aliphatic heterocycles. The molecular formula is C23H25ClN2O5S. The first-order valence-electron chi connectivity index (χ1n) is 9.94. The Morgan fingerprint density at radius 2 is 1.84 bits per heavy atom. The molecule has 0 aliphatic rings. The summed E-state index contributed by atoms with van der Waals surface area (Å²) < 4.78 is 28.8. The van der Waals surface area contributed by atoms with Crippen molar-refractivity contribution in [1.82, 2.24) is 10.3 Å². The number of benzene rings is 2. The number of hydrogen-bond donors (Lipinski definition) is 1.